The van der Waals surface area contributed by atoms with Crippen LogP contribution < -0.4 is 5.32 Å². The summed E-state index contributed by atoms with van der Waals surface area (Å²) in [5.41, 5.74) is 0.694. The predicted octanol–water partition coefficient (Wildman–Crippen LogP) is 1.04. The monoisotopic (exact) mass is 358 g/mol. The average molecular weight is 358 g/mol. The Kier molecular flexibility index (Phi) is 5.55. The molecule has 24 heavy (non-hydrogen) atoms. The first kappa shape index (κ1) is 18.3. The van der Waals surface area contributed by atoms with Crippen molar-refractivity contribution >= 4 is 27.6 Å². The zero-order valence-electron chi connectivity index (χ0n) is 13.4. The highest BCUT2D eigenvalue weighted by Gasteiger charge is 2.37. The highest BCUT2D eigenvalue weighted by atomic mass is 32.2. The number of hydrogen-bond donors (Lipinski definition) is 1. The molecule has 1 atom stereocenters. The molecule has 1 amide bonds. The molecule has 1 heterocycles. The van der Waals surface area contributed by atoms with Gasteiger partial charge in [-0.05, 0) is 37.5 Å². The van der Waals surface area contributed by atoms with E-state index >= 15 is 0 Å². The summed E-state index contributed by atoms with van der Waals surface area (Å²) in [6.07, 6.45) is 1.94. The van der Waals surface area contributed by atoms with E-state index in [1.807, 2.05) is 0 Å². The molecule has 132 valence electrons. The number of nitrogens with zero attached hydrogens (tertiary/aromatic N) is 1. The van der Waals surface area contributed by atoms with Crippen LogP contribution in [0.25, 0.3) is 0 Å². The van der Waals surface area contributed by atoms with Crippen LogP contribution in [-0.4, -0.2) is 50.0 Å². The van der Waals surface area contributed by atoms with E-state index in [2.05, 4.69) is 5.32 Å². The van der Waals surface area contributed by atoms with Crippen LogP contribution in [0.4, 0.5) is 10.1 Å². The number of nitrogens with one attached hydrogen (secondary N) is 1. The smallest absolute Gasteiger partial charge is 0.324 e. The molecule has 0 spiro atoms. The molecule has 0 saturated carbocycles. The number of benzene rings is 1. The van der Waals surface area contributed by atoms with Crippen molar-refractivity contribution < 1.29 is 27.1 Å². The second-order valence-electron chi connectivity index (χ2n) is 5.65. The molecule has 1 unspecified atom stereocenters. The first-order chi connectivity index (χ1) is 11.2. The molecule has 1 aromatic rings. The molecule has 0 aromatic heterocycles. The van der Waals surface area contributed by atoms with Gasteiger partial charge in [0.1, 0.15) is 11.9 Å². The van der Waals surface area contributed by atoms with Crippen LogP contribution in [0.15, 0.2) is 18.2 Å². The molecule has 7 nitrogen and oxygen atoms in total. The molecule has 1 fully saturated rings. The van der Waals surface area contributed by atoms with Crippen LogP contribution in [0.5, 0.6) is 0 Å². The lowest BCUT2D eigenvalue weighted by Gasteiger charge is -2.20. The maximum atomic E-state index is 13.4. The fraction of sp³-hybridized carbons (Fsp3) is 0.467. The van der Waals surface area contributed by atoms with Crippen molar-refractivity contribution in [2.45, 2.75) is 25.8 Å². The SMILES string of the molecule is Cc1ccc(NC(=O)COC(=O)C2CCCN2S(C)(=O)=O)cc1F. The van der Waals surface area contributed by atoms with E-state index in [0.29, 0.717) is 18.4 Å². The van der Waals surface area contributed by atoms with E-state index < -0.39 is 40.4 Å². The number of rotatable bonds is 5. The summed E-state index contributed by atoms with van der Waals surface area (Å²) in [5.74, 6) is -1.85. The van der Waals surface area contributed by atoms with Crippen molar-refractivity contribution in [1.29, 1.82) is 0 Å². The van der Waals surface area contributed by atoms with E-state index in [1.165, 1.54) is 12.1 Å². The molecule has 2 rings (SSSR count). The maximum absolute atomic E-state index is 13.4. The van der Waals surface area contributed by atoms with Crippen molar-refractivity contribution in [2.75, 3.05) is 24.7 Å². The lowest BCUT2D eigenvalue weighted by atomic mass is 10.2. The van der Waals surface area contributed by atoms with Gasteiger partial charge in [0.2, 0.25) is 10.0 Å². The summed E-state index contributed by atoms with van der Waals surface area (Å²) < 4.78 is 42.5. The summed E-state index contributed by atoms with van der Waals surface area (Å²) in [7, 11) is -3.50. The van der Waals surface area contributed by atoms with Gasteiger partial charge < -0.3 is 10.1 Å². The van der Waals surface area contributed by atoms with Crippen LogP contribution in [0.3, 0.4) is 0 Å². The Hall–Kier alpha value is -2.00. The van der Waals surface area contributed by atoms with Crippen LogP contribution in [-0.2, 0) is 24.3 Å². The van der Waals surface area contributed by atoms with E-state index in [9.17, 15) is 22.4 Å². The number of esters is 1. The molecular weight excluding hydrogens is 339 g/mol. The van der Waals surface area contributed by atoms with E-state index in [-0.39, 0.29) is 12.2 Å². The van der Waals surface area contributed by atoms with Gasteiger partial charge in [0, 0.05) is 12.2 Å². The number of halogens is 1. The van der Waals surface area contributed by atoms with Gasteiger partial charge in [0.15, 0.2) is 6.61 Å². The first-order valence-corrected chi connectivity index (χ1v) is 9.23. The van der Waals surface area contributed by atoms with Crippen molar-refractivity contribution in [1.82, 2.24) is 4.31 Å². The Morgan fingerprint density at radius 3 is 2.75 bits per heavy atom. The lowest BCUT2D eigenvalue weighted by Crippen LogP contribution is -2.41. The second kappa shape index (κ2) is 7.27. The van der Waals surface area contributed by atoms with E-state index in [4.69, 9.17) is 4.74 Å². The Morgan fingerprint density at radius 2 is 2.12 bits per heavy atom. The number of ether oxygens (including phenoxy) is 1. The second-order valence-corrected chi connectivity index (χ2v) is 7.59. The van der Waals surface area contributed by atoms with Gasteiger partial charge in [-0.2, -0.15) is 4.31 Å². The number of amides is 1. The van der Waals surface area contributed by atoms with Crippen molar-refractivity contribution in [3.8, 4) is 0 Å². The third-order valence-corrected chi connectivity index (χ3v) is 4.99. The minimum atomic E-state index is -3.50. The third kappa shape index (κ3) is 4.51. The molecule has 1 aliphatic rings. The normalized spacial score (nSPS) is 18.4. The predicted molar refractivity (Wildman–Crippen MR) is 85.3 cm³/mol. The average Bonchev–Trinajstić information content (AvgIpc) is 2.98. The zero-order chi connectivity index (χ0) is 17.9. The fourth-order valence-electron chi connectivity index (χ4n) is 2.47. The zero-order valence-corrected chi connectivity index (χ0v) is 14.2. The topological polar surface area (TPSA) is 92.8 Å². The summed E-state index contributed by atoms with van der Waals surface area (Å²) in [6, 6.07) is 3.31. The minimum Gasteiger partial charge on any atom is -0.454 e. The summed E-state index contributed by atoms with van der Waals surface area (Å²) >= 11 is 0. The standard InChI is InChI=1S/C15H19FN2O5S/c1-10-5-6-11(8-12(10)16)17-14(19)9-23-15(20)13-4-3-7-18(13)24(2,21)22/h5-6,8,13H,3-4,7,9H2,1-2H3,(H,17,19). The number of carbonyl (C=O) groups excluding carboxylic acids is 2. The van der Waals surface area contributed by atoms with Gasteiger partial charge in [-0.1, -0.05) is 6.07 Å². The Morgan fingerprint density at radius 1 is 1.42 bits per heavy atom. The number of carbonyl (C=O) groups is 2. The molecule has 0 bridgehead atoms. The summed E-state index contributed by atoms with van der Waals surface area (Å²) in [6.45, 7) is 1.29. The maximum Gasteiger partial charge on any atom is 0.324 e. The van der Waals surface area contributed by atoms with Gasteiger partial charge >= 0.3 is 5.97 Å². The summed E-state index contributed by atoms with van der Waals surface area (Å²) in [5, 5.41) is 2.41. The highest BCUT2D eigenvalue weighted by molar-refractivity contribution is 7.88. The van der Waals surface area contributed by atoms with Gasteiger partial charge in [0.25, 0.3) is 5.91 Å². The molecule has 1 aromatic carbocycles. The van der Waals surface area contributed by atoms with Crippen LogP contribution in [0.2, 0.25) is 0 Å². The molecule has 1 N–H and O–H groups in total. The summed E-state index contributed by atoms with van der Waals surface area (Å²) in [4.78, 5) is 23.8. The number of aryl methyl sites for hydroxylation is 1. The molecular formula is C15H19FN2O5S. The first-order valence-electron chi connectivity index (χ1n) is 7.38. The van der Waals surface area contributed by atoms with Crippen LogP contribution >= 0.6 is 0 Å². The highest BCUT2D eigenvalue weighted by Crippen LogP contribution is 2.21. The molecule has 1 aliphatic heterocycles. The third-order valence-electron chi connectivity index (χ3n) is 3.70. The largest absolute Gasteiger partial charge is 0.454 e. The Balaban J connectivity index is 1.89. The van der Waals surface area contributed by atoms with Crippen LogP contribution in [0, 0.1) is 12.7 Å². The molecule has 9 heteroatoms. The van der Waals surface area contributed by atoms with Gasteiger partial charge in [-0.15, -0.1) is 0 Å². The molecule has 1 saturated heterocycles. The van der Waals surface area contributed by atoms with Crippen molar-refractivity contribution in [3.63, 3.8) is 0 Å². The van der Waals surface area contributed by atoms with Crippen LogP contribution in [0.1, 0.15) is 18.4 Å². The van der Waals surface area contributed by atoms with E-state index in [1.54, 1.807) is 6.92 Å². The molecule has 0 aliphatic carbocycles. The Labute approximate surface area is 139 Å². The number of anilines is 1. The minimum absolute atomic E-state index is 0.248. The Bertz CT molecular complexity index is 750. The van der Waals surface area contributed by atoms with Gasteiger partial charge in [0.05, 0.1) is 6.26 Å². The number of hydrogen-bond acceptors (Lipinski definition) is 5. The quantitative estimate of drug-likeness (QED) is 0.794. The van der Waals surface area contributed by atoms with Crippen molar-refractivity contribution in [2.24, 2.45) is 0 Å². The molecule has 0 radical (unpaired) electrons. The number of sulfonamides is 1. The lowest BCUT2D eigenvalue weighted by molar-refractivity contribution is -0.150. The van der Waals surface area contributed by atoms with Gasteiger partial charge in [-0.25, -0.2) is 12.8 Å². The van der Waals surface area contributed by atoms with Gasteiger partial charge in [-0.3, -0.25) is 9.59 Å². The fourth-order valence-corrected chi connectivity index (χ4v) is 3.59. The van der Waals surface area contributed by atoms with Crippen molar-refractivity contribution in [3.05, 3.63) is 29.6 Å². The van der Waals surface area contributed by atoms with E-state index in [0.717, 1.165) is 16.6 Å².